The third kappa shape index (κ3) is 2.63. The van der Waals surface area contributed by atoms with Crippen molar-refractivity contribution >= 4 is 21.6 Å². The smallest absolute Gasteiger partial charge is 0.256 e. The Morgan fingerprint density at radius 2 is 2.33 bits per heavy atom. The monoisotopic (exact) mass is 272 g/mol. The van der Waals surface area contributed by atoms with Crippen molar-refractivity contribution in [2.45, 2.75) is 13.3 Å². The Hall–Kier alpha value is -1.57. The van der Waals surface area contributed by atoms with Crippen LogP contribution in [0.15, 0.2) is 0 Å². The van der Waals surface area contributed by atoms with Gasteiger partial charge < -0.3 is 11.1 Å². The van der Waals surface area contributed by atoms with Crippen LogP contribution in [0, 0.1) is 12.8 Å². The topological polar surface area (TPSA) is 118 Å². The van der Waals surface area contributed by atoms with Gasteiger partial charge in [0.15, 0.2) is 15.7 Å². The van der Waals surface area contributed by atoms with Crippen LogP contribution in [0.3, 0.4) is 0 Å². The lowest BCUT2D eigenvalue weighted by Crippen LogP contribution is -2.30. The molecule has 1 fully saturated rings. The number of H-pyrrole nitrogens is 1. The van der Waals surface area contributed by atoms with Gasteiger partial charge in [0.2, 0.25) is 0 Å². The van der Waals surface area contributed by atoms with E-state index in [1.807, 2.05) is 0 Å². The molecule has 0 saturated carbocycles. The number of anilines is 1. The van der Waals surface area contributed by atoms with Crippen molar-refractivity contribution in [2.75, 3.05) is 23.8 Å². The Kier molecular flexibility index (Phi) is 3.29. The highest BCUT2D eigenvalue weighted by molar-refractivity contribution is 7.91. The Balaban J connectivity index is 1.94. The summed E-state index contributed by atoms with van der Waals surface area (Å²) in [5, 5.41) is 9.07. The van der Waals surface area contributed by atoms with Gasteiger partial charge in [-0.3, -0.25) is 9.89 Å². The van der Waals surface area contributed by atoms with Crippen molar-refractivity contribution in [3.8, 4) is 0 Å². The summed E-state index contributed by atoms with van der Waals surface area (Å²) < 4.78 is 22.5. The van der Waals surface area contributed by atoms with Crippen molar-refractivity contribution in [1.29, 1.82) is 0 Å². The maximum Gasteiger partial charge on any atom is 0.256 e. The fourth-order valence-electron chi connectivity index (χ4n) is 2.09. The van der Waals surface area contributed by atoms with E-state index in [0.717, 1.165) is 0 Å². The quantitative estimate of drug-likeness (QED) is 0.683. The van der Waals surface area contributed by atoms with Gasteiger partial charge in [-0.05, 0) is 19.3 Å². The van der Waals surface area contributed by atoms with Crippen molar-refractivity contribution in [1.82, 2.24) is 15.5 Å². The second-order valence-corrected chi connectivity index (χ2v) is 6.82. The molecule has 100 valence electrons. The number of aromatic nitrogens is 2. The predicted molar refractivity (Wildman–Crippen MR) is 66.8 cm³/mol. The largest absolute Gasteiger partial charge is 0.382 e. The molecule has 1 aliphatic heterocycles. The number of hydrogen-bond donors (Lipinski definition) is 3. The van der Waals surface area contributed by atoms with Gasteiger partial charge in [0.05, 0.1) is 11.5 Å². The molecule has 0 aromatic carbocycles. The third-order valence-corrected chi connectivity index (χ3v) is 4.92. The van der Waals surface area contributed by atoms with Crippen LogP contribution in [0.25, 0.3) is 0 Å². The minimum absolute atomic E-state index is 0.00705. The number of sulfone groups is 1. The zero-order chi connectivity index (χ0) is 13.3. The number of nitrogens with one attached hydrogen (secondary N) is 2. The molecule has 2 rings (SSSR count). The number of carbonyl (C=O) groups excluding carboxylic acids is 1. The fourth-order valence-corrected chi connectivity index (χ4v) is 3.95. The average Bonchev–Trinajstić information content (AvgIpc) is 2.79. The van der Waals surface area contributed by atoms with E-state index in [1.165, 1.54) is 0 Å². The Bertz CT molecular complexity index is 544. The van der Waals surface area contributed by atoms with Gasteiger partial charge >= 0.3 is 0 Å². The molecule has 0 bridgehead atoms. The average molecular weight is 272 g/mol. The van der Waals surface area contributed by atoms with Crippen molar-refractivity contribution in [3.63, 3.8) is 0 Å². The molecular weight excluding hydrogens is 256 g/mol. The van der Waals surface area contributed by atoms with E-state index >= 15 is 0 Å². The van der Waals surface area contributed by atoms with Crippen LogP contribution in [0.5, 0.6) is 0 Å². The van der Waals surface area contributed by atoms with Crippen molar-refractivity contribution < 1.29 is 13.2 Å². The number of nitrogen functional groups attached to an aromatic ring is 1. The van der Waals surface area contributed by atoms with Crippen LogP contribution in [0.4, 0.5) is 5.82 Å². The lowest BCUT2D eigenvalue weighted by atomic mass is 10.1. The highest BCUT2D eigenvalue weighted by atomic mass is 32.2. The molecule has 1 aromatic rings. The van der Waals surface area contributed by atoms with Gasteiger partial charge in [0.25, 0.3) is 5.91 Å². The first-order chi connectivity index (χ1) is 8.39. The van der Waals surface area contributed by atoms with Crippen molar-refractivity contribution in [2.24, 2.45) is 5.92 Å². The summed E-state index contributed by atoms with van der Waals surface area (Å²) in [6.45, 7) is 2.06. The molecule has 0 aliphatic carbocycles. The number of aryl methyl sites for hydroxylation is 1. The van der Waals surface area contributed by atoms with E-state index in [0.29, 0.717) is 24.2 Å². The molecule has 1 aromatic heterocycles. The summed E-state index contributed by atoms with van der Waals surface area (Å²) >= 11 is 0. The number of aromatic amines is 1. The molecular formula is C10H16N4O3S. The van der Waals surface area contributed by atoms with E-state index in [1.54, 1.807) is 6.92 Å². The summed E-state index contributed by atoms with van der Waals surface area (Å²) in [5.41, 5.74) is 6.50. The number of nitrogens with two attached hydrogens (primary N) is 1. The van der Waals surface area contributed by atoms with Crippen molar-refractivity contribution in [3.05, 3.63) is 11.3 Å². The molecule has 0 spiro atoms. The SMILES string of the molecule is Cc1[nH]nc(N)c1C(=O)NCC1CCS(=O)(=O)C1. The lowest BCUT2D eigenvalue weighted by molar-refractivity contribution is 0.0949. The maximum atomic E-state index is 11.9. The lowest BCUT2D eigenvalue weighted by Gasteiger charge is -2.09. The highest BCUT2D eigenvalue weighted by Gasteiger charge is 2.28. The second-order valence-electron chi connectivity index (χ2n) is 4.59. The molecule has 18 heavy (non-hydrogen) atoms. The fraction of sp³-hybridized carbons (Fsp3) is 0.600. The zero-order valence-electron chi connectivity index (χ0n) is 10.1. The van der Waals surface area contributed by atoms with Crippen LogP contribution in [-0.4, -0.2) is 42.6 Å². The molecule has 2 heterocycles. The first kappa shape index (κ1) is 12.9. The molecule has 8 heteroatoms. The molecule has 7 nitrogen and oxygen atoms in total. The number of hydrogen-bond acceptors (Lipinski definition) is 5. The second kappa shape index (κ2) is 4.60. The Morgan fingerprint density at radius 1 is 1.61 bits per heavy atom. The number of nitrogens with zero attached hydrogens (tertiary/aromatic N) is 1. The van der Waals surface area contributed by atoms with Crippen LogP contribution in [0.2, 0.25) is 0 Å². The molecule has 1 saturated heterocycles. The summed E-state index contributed by atoms with van der Waals surface area (Å²) in [6, 6.07) is 0. The number of carbonyl (C=O) groups is 1. The molecule has 1 amide bonds. The summed E-state index contributed by atoms with van der Waals surface area (Å²) in [5.74, 6) is 0.188. The first-order valence-corrected chi connectivity index (χ1v) is 7.50. The third-order valence-electron chi connectivity index (χ3n) is 3.08. The standard InChI is InChI=1S/C10H16N4O3S/c1-6-8(9(11)14-13-6)10(15)12-4-7-2-3-18(16,17)5-7/h7H,2-5H2,1H3,(H,12,15)(H3,11,13,14). The normalized spacial score (nSPS) is 21.9. The van der Waals surface area contributed by atoms with Gasteiger partial charge in [-0.2, -0.15) is 5.10 Å². The number of rotatable bonds is 3. The number of amides is 1. The van der Waals surface area contributed by atoms with Crippen LogP contribution in [-0.2, 0) is 9.84 Å². The minimum Gasteiger partial charge on any atom is -0.382 e. The van der Waals surface area contributed by atoms with Gasteiger partial charge in [0.1, 0.15) is 5.56 Å². The van der Waals surface area contributed by atoms with E-state index < -0.39 is 9.84 Å². The van der Waals surface area contributed by atoms with Gasteiger partial charge in [0, 0.05) is 12.2 Å². The molecule has 1 atom stereocenters. The molecule has 0 radical (unpaired) electrons. The summed E-state index contributed by atoms with van der Waals surface area (Å²) in [6.07, 6.45) is 0.600. The summed E-state index contributed by atoms with van der Waals surface area (Å²) in [7, 11) is -2.91. The van der Waals surface area contributed by atoms with E-state index in [9.17, 15) is 13.2 Å². The van der Waals surface area contributed by atoms with E-state index in [4.69, 9.17) is 5.73 Å². The predicted octanol–water partition coefficient (Wildman–Crippen LogP) is -0.535. The first-order valence-electron chi connectivity index (χ1n) is 5.68. The molecule has 1 unspecified atom stereocenters. The van der Waals surface area contributed by atoms with E-state index in [2.05, 4.69) is 15.5 Å². The maximum absolute atomic E-state index is 11.9. The minimum atomic E-state index is -2.91. The molecule has 4 N–H and O–H groups in total. The van der Waals surface area contributed by atoms with Gasteiger partial charge in [-0.25, -0.2) is 8.42 Å². The van der Waals surface area contributed by atoms with Crippen LogP contribution in [0.1, 0.15) is 22.5 Å². The summed E-state index contributed by atoms with van der Waals surface area (Å²) in [4.78, 5) is 11.9. The van der Waals surface area contributed by atoms with Crippen LogP contribution >= 0.6 is 0 Å². The van der Waals surface area contributed by atoms with Gasteiger partial charge in [-0.15, -0.1) is 0 Å². The Morgan fingerprint density at radius 3 is 2.83 bits per heavy atom. The van der Waals surface area contributed by atoms with E-state index in [-0.39, 0.29) is 29.1 Å². The van der Waals surface area contributed by atoms with Gasteiger partial charge in [-0.1, -0.05) is 0 Å². The van der Waals surface area contributed by atoms with Crippen LogP contribution < -0.4 is 11.1 Å². The Labute approximate surface area is 105 Å². The zero-order valence-corrected chi connectivity index (χ0v) is 10.9. The highest BCUT2D eigenvalue weighted by Crippen LogP contribution is 2.18. The molecule has 1 aliphatic rings.